The Kier molecular flexibility index (Phi) is 3.79. The van der Waals surface area contributed by atoms with E-state index in [1.807, 2.05) is 19.1 Å². The van der Waals surface area contributed by atoms with Gasteiger partial charge in [-0.25, -0.2) is 0 Å². The minimum Gasteiger partial charge on any atom is -0.388 e. The van der Waals surface area contributed by atoms with E-state index in [1.165, 1.54) is 0 Å². The van der Waals surface area contributed by atoms with Crippen molar-refractivity contribution >= 4 is 17.2 Å². The molecule has 2 N–H and O–H groups in total. The Morgan fingerprint density at radius 2 is 2.46 bits per heavy atom. The average molecular weight is 196 g/mol. The minimum atomic E-state index is 0.318. The van der Waals surface area contributed by atoms with Gasteiger partial charge in [-0.05, 0) is 24.6 Å². The summed E-state index contributed by atoms with van der Waals surface area (Å²) in [6.45, 7) is 3.23. The van der Waals surface area contributed by atoms with Crippen molar-refractivity contribution in [2.45, 2.75) is 13.5 Å². The monoisotopic (exact) mass is 196 g/mol. The van der Waals surface area contributed by atoms with Gasteiger partial charge in [0.25, 0.3) is 0 Å². The van der Waals surface area contributed by atoms with Crippen molar-refractivity contribution < 1.29 is 4.74 Å². The molecule has 0 atom stereocenters. The molecule has 1 heterocycles. The number of nitrogens with zero attached hydrogens (tertiary/aromatic N) is 1. The molecule has 3 nitrogen and oxygen atoms in total. The fourth-order valence-corrected chi connectivity index (χ4v) is 1.03. The highest BCUT2D eigenvalue weighted by Crippen LogP contribution is 2.03. The van der Waals surface area contributed by atoms with Gasteiger partial charge in [-0.1, -0.05) is 12.2 Å². The molecule has 70 valence electrons. The van der Waals surface area contributed by atoms with Crippen LogP contribution in [0, 0.1) is 0 Å². The van der Waals surface area contributed by atoms with Crippen LogP contribution in [0.5, 0.6) is 0 Å². The molecule has 0 aliphatic heterocycles. The first-order chi connectivity index (χ1) is 6.24. The summed E-state index contributed by atoms with van der Waals surface area (Å²) in [5.74, 6) is 0. The van der Waals surface area contributed by atoms with Crippen LogP contribution in [0.25, 0.3) is 0 Å². The predicted molar refractivity (Wildman–Crippen MR) is 55.5 cm³/mol. The number of rotatable bonds is 4. The summed E-state index contributed by atoms with van der Waals surface area (Å²) < 4.78 is 5.24. The quantitative estimate of drug-likeness (QED) is 0.736. The van der Waals surface area contributed by atoms with Gasteiger partial charge in [-0.3, -0.25) is 4.98 Å². The second-order valence-corrected chi connectivity index (χ2v) is 2.99. The lowest BCUT2D eigenvalue weighted by molar-refractivity contribution is 0.134. The molecule has 1 rings (SSSR count). The number of ether oxygens (including phenoxy) is 1. The smallest absolute Gasteiger partial charge is 0.122 e. The summed E-state index contributed by atoms with van der Waals surface area (Å²) in [5, 5.41) is 0. The largest absolute Gasteiger partial charge is 0.388 e. The summed E-state index contributed by atoms with van der Waals surface area (Å²) in [6, 6.07) is 3.73. The van der Waals surface area contributed by atoms with Gasteiger partial charge in [-0.15, -0.1) is 0 Å². The number of nitrogens with two attached hydrogens (primary N) is 1. The van der Waals surface area contributed by atoms with Gasteiger partial charge in [0.2, 0.25) is 0 Å². The first-order valence-electron chi connectivity index (χ1n) is 4.06. The second-order valence-electron chi connectivity index (χ2n) is 2.55. The first-order valence-corrected chi connectivity index (χ1v) is 4.47. The maximum Gasteiger partial charge on any atom is 0.122 e. The van der Waals surface area contributed by atoms with E-state index in [0.717, 1.165) is 5.56 Å². The Bertz CT molecular complexity index is 301. The first kappa shape index (κ1) is 10.1. The van der Waals surface area contributed by atoms with Crippen LogP contribution in [0.1, 0.15) is 18.2 Å². The van der Waals surface area contributed by atoms with Crippen molar-refractivity contribution in [2.24, 2.45) is 5.73 Å². The van der Waals surface area contributed by atoms with Crippen LogP contribution in [0.2, 0.25) is 0 Å². The zero-order valence-corrected chi connectivity index (χ0v) is 8.30. The number of aromatic nitrogens is 1. The highest BCUT2D eigenvalue weighted by atomic mass is 32.1. The summed E-state index contributed by atoms with van der Waals surface area (Å²) in [4.78, 5) is 4.34. The molecule has 0 aliphatic rings. The van der Waals surface area contributed by atoms with Crippen LogP contribution in [-0.4, -0.2) is 16.6 Å². The zero-order valence-electron chi connectivity index (χ0n) is 7.49. The topological polar surface area (TPSA) is 48.1 Å². The van der Waals surface area contributed by atoms with Crippen molar-refractivity contribution in [1.29, 1.82) is 0 Å². The average Bonchev–Trinajstić information content (AvgIpc) is 2.15. The fourth-order valence-electron chi connectivity index (χ4n) is 0.919. The third kappa shape index (κ3) is 3.08. The molecule has 0 saturated heterocycles. The fraction of sp³-hybridized carbons (Fsp3) is 0.333. The van der Waals surface area contributed by atoms with Crippen LogP contribution in [0.3, 0.4) is 0 Å². The molecular formula is C9H12N2OS. The summed E-state index contributed by atoms with van der Waals surface area (Å²) >= 11 is 4.81. The van der Waals surface area contributed by atoms with Crippen LogP contribution in [0.15, 0.2) is 18.3 Å². The minimum absolute atomic E-state index is 0.318. The maximum atomic E-state index is 5.44. The Hall–Kier alpha value is -1.00. The van der Waals surface area contributed by atoms with Gasteiger partial charge in [0.15, 0.2) is 0 Å². The highest BCUT2D eigenvalue weighted by Gasteiger charge is 1.99. The molecule has 0 radical (unpaired) electrons. The third-order valence-electron chi connectivity index (χ3n) is 1.55. The third-order valence-corrected chi connectivity index (χ3v) is 1.76. The molecular weight excluding hydrogens is 184 g/mol. The van der Waals surface area contributed by atoms with Crippen LogP contribution in [0.4, 0.5) is 0 Å². The number of hydrogen-bond acceptors (Lipinski definition) is 3. The van der Waals surface area contributed by atoms with E-state index in [2.05, 4.69) is 4.98 Å². The molecule has 0 spiro atoms. The molecule has 0 bridgehead atoms. The highest BCUT2D eigenvalue weighted by molar-refractivity contribution is 7.80. The van der Waals surface area contributed by atoms with E-state index in [4.69, 9.17) is 22.7 Å². The van der Waals surface area contributed by atoms with Crippen molar-refractivity contribution in [1.82, 2.24) is 4.98 Å². The molecule has 1 aromatic rings. The molecule has 0 saturated carbocycles. The predicted octanol–water partition coefficient (Wildman–Crippen LogP) is 1.25. The van der Waals surface area contributed by atoms with E-state index in [9.17, 15) is 0 Å². The van der Waals surface area contributed by atoms with Crippen LogP contribution >= 0.6 is 12.2 Å². The maximum absolute atomic E-state index is 5.44. The van der Waals surface area contributed by atoms with E-state index in [-0.39, 0.29) is 0 Å². The van der Waals surface area contributed by atoms with E-state index < -0.39 is 0 Å². The molecule has 13 heavy (non-hydrogen) atoms. The number of pyridine rings is 1. The van der Waals surface area contributed by atoms with Gasteiger partial charge in [0, 0.05) is 12.8 Å². The van der Waals surface area contributed by atoms with E-state index in [1.54, 1.807) is 6.20 Å². The summed E-state index contributed by atoms with van der Waals surface area (Å²) in [7, 11) is 0. The molecule has 0 aromatic carbocycles. The Balaban J connectivity index is 2.73. The van der Waals surface area contributed by atoms with Crippen LogP contribution < -0.4 is 5.73 Å². The Morgan fingerprint density at radius 1 is 1.69 bits per heavy atom. The van der Waals surface area contributed by atoms with Gasteiger partial charge in [0.05, 0.1) is 12.3 Å². The standard InChI is InChI=1S/C9H12N2OS/c1-2-12-6-7-3-4-11-8(5-7)9(10)13/h3-5H,2,6H2,1H3,(H2,10,13). The number of thiocarbonyl (C=S) groups is 1. The molecule has 0 aliphatic carbocycles. The van der Waals surface area contributed by atoms with Crippen molar-refractivity contribution in [2.75, 3.05) is 6.61 Å². The lowest BCUT2D eigenvalue weighted by Crippen LogP contribution is -2.11. The molecule has 4 heteroatoms. The van der Waals surface area contributed by atoms with Gasteiger partial charge in [0.1, 0.15) is 4.99 Å². The van der Waals surface area contributed by atoms with Gasteiger partial charge < -0.3 is 10.5 Å². The van der Waals surface area contributed by atoms with Crippen molar-refractivity contribution in [3.8, 4) is 0 Å². The summed E-state index contributed by atoms with van der Waals surface area (Å²) in [6.07, 6.45) is 1.68. The lowest BCUT2D eigenvalue weighted by Gasteiger charge is -2.02. The van der Waals surface area contributed by atoms with E-state index in [0.29, 0.717) is 23.9 Å². The molecule has 0 fully saturated rings. The Morgan fingerprint density at radius 3 is 3.08 bits per heavy atom. The zero-order chi connectivity index (χ0) is 9.68. The molecule has 1 aromatic heterocycles. The van der Waals surface area contributed by atoms with Crippen LogP contribution in [-0.2, 0) is 11.3 Å². The van der Waals surface area contributed by atoms with Crippen molar-refractivity contribution in [3.05, 3.63) is 29.6 Å². The second kappa shape index (κ2) is 4.89. The SMILES string of the molecule is CCOCc1ccnc(C(N)=S)c1. The van der Waals surface area contributed by atoms with E-state index >= 15 is 0 Å². The summed E-state index contributed by atoms with van der Waals surface area (Å²) in [5.41, 5.74) is 7.13. The van der Waals surface area contributed by atoms with Crippen molar-refractivity contribution in [3.63, 3.8) is 0 Å². The number of hydrogen-bond donors (Lipinski definition) is 1. The lowest BCUT2D eigenvalue weighted by atomic mass is 10.2. The Labute approximate surface area is 82.9 Å². The molecule has 0 amide bonds. The molecule has 0 unspecified atom stereocenters. The van der Waals surface area contributed by atoms with Gasteiger partial charge in [-0.2, -0.15) is 0 Å². The van der Waals surface area contributed by atoms with Gasteiger partial charge >= 0.3 is 0 Å². The normalized spacial score (nSPS) is 9.92.